The molecule has 0 radical (unpaired) electrons. The number of benzene rings is 2. The fourth-order valence-electron chi connectivity index (χ4n) is 3.74. The molecule has 0 aliphatic rings. The van der Waals surface area contributed by atoms with E-state index in [1.807, 2.05) is 24.3 Å². The van der Waals surface area contributed by atoms with E-state index in [0.717, 1.165) is 16.7 Å². The van der Waals surface area contributed by atoms with Crippen LogP contribution in [0.25, 0.3) is 0 Å². The third-order valence-electron chi connectivity index (χ3n) is 5.55. The van der Waals surface area contributed by atoms with Crippen molar-refractivity contribution in [2.75, 3.05) is 7.11 Å². The van der Waals surface area contributed by atoms with Gasteiger partial charge in [0.15, 0.2) is 5.69 Å². The van der Waals surface area contributed by atoms with Crippen molar-refractivity contribution in [2.24, 2.45) is 0 Å². The molecule has 0 atom stereocenters. The second-order valence-electron chi connectivity index (χ2n) is 7.93. The first kappa shape index (κ1) is 23.1. The SMILES string of the molecule is COCc1[nH]nc(C(=O)NCc2ccccc2F)c1Cc1ccc(Cc2ccc[nH]c2=O)cc1. The van der Waals surface area contributed by atoms with Crippen LogP contribution in [-0.2, 0) is 30.7 Å². The van der Waals surface area contributed by atoms with Crippen molar-refractivity contribution >= 4 is 5.91 Å². The Kier molecular flexibility index (Phi) is 7.29. The van der Waals surface area contributed by atoms with E-state index in [1.54, 1.807) is 43.6 Å². The van der Waals surface area contributed by atoms with E-state index in [1.165, 1.54) is 6.07 Å². The normalized spacial score (nSPS) is 10.9. The van der Waals surface area contributed by atoms with E-state index in [-0.39, 0.29) is 30.2 Å². The summed E-state index contributed by atoms with van der Waals surface area (Å²) in [5.41, 5.74) is 4.67. The Morgan fingerprint density at radius 2 is 1.71 bits per heavy atom. The zero-order chi connectivity index (χ0) is 23.9. The summed E-state index contributed by atoms with van der Waals surface area (Å²) in [5, 5.41) is 9.83. The van der Waals surface area contributed by atoms with Gasteiger partial charge in [-0.2, -0.15) is 5.10 Å². The molecule has 34 heavy (non-hydrogen) atoms. The third kappa shape index (κ3) is 5.47. The van der Waals surface area contributed by atoms with Gasteiger partial charge in [-0.25, -0.2) is 4.39 Å². The molecule has 0 bridgehead atoms. The van der Waals surface area contributed by atoms with Crippen molar-refractivity contribution in [1.29, 1.82) is 0 Å². The molecule has 0 saturated carbocycles. The van der Waals surface area contributed by atoms with E-state index in [9.17, 15) is 14.0 Å². The number of hydrogen-bond donors (Lipinski definition) is 3. The van der Waals surface area contributed by atoms with Gasteiger partial charge in [0.2, 0.25) is 0 Å². The van der Waals surface area contributed by atoms with Crippen LogP contribution in [0.3, 0.4) is 0 Å². The molecule has 0 fully saturated rings. The number of carbonyl (C=O) groups is 1. The Morgan fingerprint density at radius 1 is 1.00 bits per heavy atom. The number of amides is 1. The summed E-state index contributed by atoms with van der Waals surface area (Å²) in [7, 11) is 1.57. The Hall–Kier alpha value is -4.04. The third-order valence-corrected chi connectivity index (χ3v) is 5.55. The zero-order valence-electron chi connectivity index (χ0n) is 18.7. The highest BCUT2D eigenvalue weighted by atomic mass is 19.1. The number of nitrogens with zero attached hydrogens (tertiary/aromatic N) is 1. The summed E-state index contributed by atoms with van der Waals surface area (Å²) in [5.74, 6) is -0.764. The minimum absolute atomic E-state index is 0.0602. The number of nitrogens with one attached hydrogen (secondary N) is 3. The van der Waals surface area contributed by atoms with Crippen molar-refractivity contribution < 1.29 is 13.9 Å². The quantitative estimate of drug-likeness (QED) is 0.356. The average Bonchev–Trinajstić information content (AvgIpc) is 3.23. The van der Waals surface area contributed by atoms with Gasteiger partial charge in [-0.1, -0.05) is 48.5 Å². The maximum absolute atomic E-state index is 13.9. The minimum atomic E-state index is -0.392. The maximum Gasteiger partial charge on any atom is 0.272 e. The highest BCUT2D eigenvalue weighted by Gasteiger charge is 2.20. The van der Waals surface area contributed by atoms with Gasteiger partial charge in [-0.05, 0) is 23.3 Å². The number of ether oxygens (including phenoxy) is 1. The fraction of sp³-hybridized carbons (Fsp3) is 0.192. The van der Waals surface area contributed by atoms with Crippen LogP contribution in [0.15, 0.2) is 71.7 Å². The number of carbonyl (C=O) groups excluding carboxylic acids is 1. The molecule has 0 aliphatic carbocycles. The van der Waals surface area contributed by atoms with Crippen LogP contribution >= 0.6 is 0 Å². The number of methoxy groups -OCH3 is 1. The molecule has 4 rings (SSSR count). The Balaban J connectivity index is 1.50. The second kappa shape index (κ2) is 10.7. The van der Waals surface area contributed by atoms with Crippen molar-refractivity contribution in [2.45, 2.75) is 26.0 Å². The van der Waals surface area contributed by atoms with E-state index in [4.69, 9.17) is 4.74 Å². The lowest BCUT2D eigenvalue weighted by molar-refractivity contribution is 0.0944. The molecule has 0 aliphatic heterocycles. The van der Waals surface area contributed by atoms with E-state index >= 15 is 0 Å². The predicted molar refractivity (Wildman–Crippen MR) is 126 cm³/mol. The van der Waals surface area contributed by atoms with Gasteiger partial charge in [0.05, 0.1) is 12.3 Å². The Labute approximate surface area is 196 Å². The lowest BCUT2D eigenvalue weighted by Gasteiger charge is -2.09. The Bertz CT molecular complexity index is 1330. The van der Waals surface area contributed by atoms with Crippen LogP contribution in [-0.4, -0.2) is 28.2 Å². The Morgan fingerprint density at radius 3 is 2.41 bits per heavy atom. The maximum atomic E-state index is 13.9. The smallest absolute Gasteiger partial charge is 0.272 e. The summed E-state index contributed by atoms with van der Waals surface area (Å²) in [6.07, 6.45) is 2.60. The van der Waals surface area contributed by atoms with Gasteiger partial charge in [-0.15, -0.1) is 0 Å². The van der Waals surface area contributed by atoms with Crippen LogP contribution in [0, 0.1) is 5.82 Å². The molecule has 0 saturated heterocycles. The van der Waals surface area contributed by atoms with Gasteiger partial charge in [0, 0.05) is 49.4 Å². The van der Waals surface area contributed by atoms with Gasteiger partial charge < -0.3 is 15.0 Å². The number of pyridine rings is 1. The highest BCUT2D eigenvalue weighted by molar-refractivity contribution is 5.94. The number of aromatic nitrogens is 3. The van der Waals surface area contributed by atoms with Crippen molar-refractivity contribution in [3.63, 3.8) is 0 Å². The van der Waals surface area contributed by atoms with Gasteiger partial charge in [0.25, 0.3) is 11.5 Å². The van der Waals surface area contributed by atoms with Crippen LogP contribution < -0.4 is 10.9 Å². The zero-order valence-corrected chi connectivity index (χ0v) is 18.7. The van der Waals surface area contributed by atoms with E-state index < -0.39 is 5.91 Å². The summed E-state index contributed by atoms with van der Waals surface area (Å²) in [6, 6.07) is 17.8. The molecule has 174 valence electrons. The molecule has 8 heteroatoms. The molecule has 2 aromatic carbocycles. The van der Waals surface area contributed by atoms with Crippen LogP contribution in [0.4, 0.5) is 4.39 Å². The van der Waals surface area contributed by atoms with Crippen LogP contribution in [0.2, 0.25) is 0 Å². The molecule has 0 spiro atoms. The highest BCUT2D eigenvalue weighted by Crippen LogP contribution is 2.19. The monoisotopic (exact) mass is 460 g/mol. The molecule has 7 nitrogen and oxygen atoms in total. The molecule has 2 aromatic heterocycles. The van der Waals surface area contributed by atoms with Crippen LogP contribution in [0.5, 0.6) is 0 Å². The average molecular weight is 461 g/mol. The molecule has 3 N–H and O–H groups in total. The molecule has 1 amide bonds. The first-order chi connectivity index (χ1) is 16.5. The number of aromatic amines is 2. The number of hydrogen-bond acceptors (Lipinski definition) is 4. The standard InChI is InChI=1S/C26H25FN4O3/c1-34-16-23-21(24(31-30-23)26(33)29-15-20-5-2-3-7-22(20)27)14-18-10-8-17(9-11-18)13-19-6-4-12-28-25(19)32/h2-12H,13-16H2,1H3,(H,28,32)(H,29,33)(H,30,31). The predicted octanol–water partition coefficient (Wildman–Crippen LogP) is 3.50. The molecular weight excluding hydrogens is 435 g/mol. The van der Waals surface area contributed by atoms with Gasteiger partial charge in [-0.3, -0.25) is 14.7 Å². The molecular formula is C26H25FN4O3. The van der Waals surface area contributed by atoms with Gasteiger partial charge >= 0.3 is 0 Å². The van der Waals surface area contributed by atoms with E-state index in [2.05, 4.69) is 20.5 Å². The van der Waals surface area contributed by atoms with Crippen molar-refractivity contribution in [3.05, 3.63) is 122 Å². The van der Waals surface area contributed by atoms with Crippen LogP contribution in [0.1, 0.15) is 44.0 Å². The van der Waals surface area contributed by atoms with Gasteiger partial charge in [0.1, 0.15) is 5.82 Å². The number of H-pyrrole nitrogens is 2. The summed E-state index contributed by atoms with van der Waals surface area (Å²) >= 11 is 0. The topological polar surface area (TPSA) is 99.9 Å². The lowest BCUT2D eigenvalue weighted by atomic mass is 9.99. The largest absolute Gasteiger partial charge is 0.378 e. The molecule has 0 unspecified atom stereocenters. The fourth-order valence-corrected chi connectivity index (χ4v) is 3.74. The molecule has 4 aromatic rings. The van der Waals surface area contributed by atoms with Crippen molar-refractivity contribution in [3.8, 4) is 0 Å². The van der Waals surface area contributed by atoms with Crippen molar-refractivity contribution in [1.82, 2.24) is 20.5 Å². The van der Waals surface area contributed by atoms with E-state index in [0.29, 0.717) is 29.7 Å². The first-order valence-electron chi connectivity index (χ1n) is 10.9. The second-order valence-corrected chi connectivity index (χ2v) is 7.93. The number of rotatable bonds is 9. The number of halogens is 1. The minimum Gasteiger partial charge on any atom is -0.378 e. The lowest BCUT2D eigenvalue weighted by Crippen LogP contribution is -2.25. The summed E-state index contributed by atoms with van der Waals surface area (Å²) in [6.45, 7) is 0.336. The summed E-state index contributed by atoms with van der Waals surface area (Å²) in [4.78, 5) is 27.5. The first-order valence-corrected chi connectivity index (χ1v) is 10.9. The molecule has 2 heterocycles. The summed E-state index contributed by atoms with van der Waals surface area (Å²) < 4.78 is 19.2.